The second-order valence-electron chi connectivity index (χ2n) is 38.3. The van der Waals surface area contributed by atoms with Crippen LogP contribution in [0.25, 0.3) is 16.8 Å². The fourth-order valence-corrected chi connectivity index (χ4v) is 20.5. The number of likely N-dealkylation sites (tertiary alicyclic amines) is 3. The molecule has 51 heteroatoms. The minimum absolute atomic E-state index is 0.0469. The van der Waals surface area contributed by atoms with Crippen molar-refractivity contribution in [1.29, 1.82) is 0 Å². The highest BCUT2D eigenvalue weighted by atomic mass is 19.4. The van der Waals surface area contributed by atoms with Gasteiger partial charge in [-0.3, -0.25) is 24.0 Å². The second-order valence-corrected chi connectivity index (χ2v) is 38.3. The third-order valence-electron chi connectivity index (χ3n) is 28.5. The lowest BCUT2D eigenvalue weighted by Crippen LogP contribution is -2.57. The average Bonchev–Trinajstić information content (AvgIpc) is 1.20. The molecule has 3 aliphatic carbocycles. The summed E-state index contributed by atoms with van der Waals surface area (Å²) in [4.78, 5) is 127. The van der Waals surface area contributed by atoms with Crippen molar-refractivity contribution in [3.05, 3.63) is 161 Å². The fraction of sp³-hybridized carbons (Fsp3) is 0.577. The molecule has 7 fully saturated rings. The van der Waals surface area contributed by atoms with Gasteiger partial charge in [0.25, 0.3) is 0 Å². The van der Waals surface area contributed by atoms with Crippen LogP contribution in [0.4, 0.5) is 122 Å². The Morgan fingerprint density at radius 2 is 0.669 bits per heavy atom. The summed E-state index contributed by atoms with van der Waals surface area (Å²) in [5.41, 5.74) is -7.20. The van der Waals surface area contributed by atoms with Crippen molar-refractivity contribution in [3.63, 3.8) is 0 Å². The number of piperidine rings is 3. The minimum Gasteiger partial charge on any atom is -0.481 e. The van der Waals surface area contributed by atoms with Crippen molar-refractivity contribution in [1.82, 2.24) is 79.5 Å². The molecule has 5 aromatic heterocycles. The van der Waals surface area contributed by atoms with Gasteiger partial charge < -0.3 is 63.8 Å². The number of aromatic nitrogens is 12. The Morgan fingerprint density at radius 1 is 0.372 bits per heavy atom. The van der Waals surface area contributed by atoms with Gasteiger partial charge in [-0.15, -0.1) is 5.10 Å². The number of hydrogen-bond acceptors (Lipinski definition) is 23. The zero-order chi connectivity index (χ0) is 108. The lowest BCUT2D eigenvalue weighted by Gasteiger charge is -2.48. The summed E-state index contributed by atoms with van der Waals surface area (Å²) in [6.07, 6.45) is -11.4. The highest BCUT2D eigenvalue weighted by Crippen LogP contribution is 2.46. The maximum atomic E-state index is 13.8. The van der Waals surface area contributed by atoms with Crippen LogP contribution in [-0.4, -0.2) is 230 Å². The van der Waals surface area contributed by atoms with Crippen LogP contribution in [0.15, 0.2) is 110 Å². The molecule has 3 N–H and O–H groups in total. The Bertz CT molecular complexity index is 5730. The number of aliphatic carboxylic acids is 3. The highest BCUT2D eigenvalue weighted by Gasteiger charge is 2.50. The number of rotatable bonds is 27. The van der Waals surface area contributed by atoms with E-state index in [2.05, 4.69) is 50.5 Å². The molecule has 7 aliphatic rings. The highest BCUT2D eigenvalue weighted by molar-refractivity contribution is 5.93. The molecule has 806 valence electrons. The number of amides is 5. The SMILES string of the molecule is CC[C@@H]1CC(N(Cc2cc(C(F)(F)F)cc(C(F)(F)F)c2)c2ncc(-c3cnn(C)c3)cn2)C[C@H](CC)N1C(=O)OC1CC(C(=O)O)C1.CC[C@@H]1CC(N(Cc2cc(C(F)(F)F)cc(C(F)(F)F)c2)c2ncc(-n3cnnn3)cn2)C[C@H](CC)N1C(=O)OC1CCC(C(=O)O)CC1.CC[C@@H]1CC(N(Cc2cc(C(F)(F)F)cc(C(F)(F)F)c2)c2ncc(N3CCN(C)C3=O)cn2)C[C@H](CC)N1C(=O)OC1CCC(C(=O)O)CC1. The molecule has 5 amide bonds. The number of tetrazole rings is 1. The summed E-state index contributed by atoms with van der Waals surface area (Å²) in [5.74, 6) is -4.00. The monoisotopic (exact) mass is 2110 g/mol. The van der Waals surface area contributed by atoms with Crippen LogP contribution in [0, 0.1) is 17.8 Å². The van der Waals surface area contributed by atoms with Gasteiger partial charge in [0.05, 0.1) is 87.8 Å². The van der Waals surface area contributed by atoms with Gasteiger partial charge in [0.1, 0.15) is 30.3 Å². The molecule has 0 spiro atoms. The first-order chi connectivity index (χ1) is 69.7. The summed E-state index contributed by atoms with van der Waals surface area (Å²) >= 11 is 0. The van der Waals surface area contributed by atoms with Crippen molar-refractivity contribution in [2.45, 2.75) is 312 Å². The minimum atomic E-state index is -5.03. The molecule has 33 nitrogen and oxygen atoms in total. The Kier molecular flexibility index (Phi) is 35.3. The number of carbonyl (C=O) groups excluding carboxylic acids is 4. The quantitative estimate of drug-likeness (QED) is 0.0318. The third-order valence-corrected chi connectivity index (χ3v) is 28.5. The summed E-state index contributed by atoms with van der Waals surface area (Å²) in [5, 5.41) is 42.8. The largest absolute Gasteiger partial charge is 0.481 e. The zero-order valence-corrected chi connectivity index (χ0v) is 81.8. The Labute approximate surface area is 838 Å². The van der Waals surface area contributed by atoms with E-state index in [1.165, 1.54) is 58.0 Å². The number of aryl methyl sites for hydroxylation is 1. The number of urea groups is 1. The molecule has 148 heavy (non-hydrogen) atoms. The van der Waals surface area contributed by atoms with E-state index in [0.717, 1.165) is 0 Å². The number of ether oxygens (including phenoxy) is 3. The Balaban J connectivity index is 0.000000185. The Morgan fingerprint density at radius 3 is 0.926 bits per heavy atom. The van der Waals surface area contributed by atoms with Gasteiger partial charge in [-0.25, -0.2) is 49.1 Å². The van der Waals surface area contributed by atoms with Crippen molar-refractivity contribution in [3.8, 4) is 16.8 Å². The van der Waals surface area contributed by atoms with Crippen LogP contribution < -0.4 is 19.6 Å². The number of likely N-dealkylation sites (N-methyl/N-ethyl adjacent to an activating group) is 1. The van der Waals surface area contributed by atoms with Gasteiger partial charge >= 0.3 is 79.3 Å². The fourth-order valence-electron chi connectivity index (χ4n) is 20.5. The van der Waals surface area contributed by atoms with Crippen LogP contribution in [-0.2, 0) is 92.3 Å². The molecular weight excluding hydrogens is 2000 g/mol. The van der Waals surface area contributed by atoms with Crippen molar-refractivity contribution in [2.75, 3.05) is 39.7 Å². The molecule has 3 saturated carbocycles. The summed E-state index contributed by atoms with van der Waals surface area (Å²) < 4.78 is 268. The molecule has 0 radical (unpaired) electrons. The van der Waals surface area contributed by atoms with E-state index in [9.17, 15) is 128 Å². The molecule has 9 heterocycles. The summed E-state index contributed by atoms with van der Waals surface area (Å²) in [7, 11) is 3.38. The van der Waals surface area contributed by atoms with Gasteiger partial charge in [-0.05, 0) is 223 Å². The van der Waals surface area contributed by atoms with Crippen LogP contribution in [0.5, 0.6) is 0 Å². The topological polar surface area (TPSA) is 373 Å². The molecule has 4 aliphatic heterocycles. The molecule has 4 saturated heterocycles. The second kappa shape index (κ2) is 46.7. The predicted molar refractivity (Wildman–Crippen MR) is 494 cm³/mol. The van der Waals surface area contributed by atoms with E-state index in [-0.39, 0.29) is 109 Å². The smallest absolute Gasteiger partial charge is 0.416 e. The third kappa shape index (κ3) is 27.5. The first-order valence-electron chi connectivity index (χ1n) is 48.8. The van der Waals surface area contributed by atoms with E-state index in [1.54, 1.807) is 60.6 Å². The molecule has 3 unspecified atom stereocenters. The molecular formula is C97H114F18N20O13. The number of halogens is 18. The van der Waals surface area contributed by atoms with Gasteiger partial charge in [-0.1, -0.05) is 41.5 Å². The number of anilines is 4. The number of nitrogens with zero attached hydrogens (tertiary/aromatic N) is 20. The summed E-state index contributed by atoms with van der Waals surface area (Å²) in [6.45, 7) is 11.0. The lowest BCUT2D eigenvalue weighted by atomic mass is 9.82. The number of hydrogen-bond donors (Lipinski definition) is 3. The van der Waals surface area contributed by atoms with Crippen molar-refractivity contribution >= 4 is 65.8 Å². The van der Waals surface area contributed by atoms with Crippen LogP contribution in [0.2, 0.25) is 0 Å². The maximum Gasteiger partial charge on any atom is 0.416 e. The van der Waals surface area contributed by atoms with E-state index in [1.807, 2.05) is 41.5 Å². The van der Waals surface area contributed by atoms with Gasteiger partial charge in [-0.2, -0.15) is 88.8 Å². The standard InChI is InChI=1S/C34H42F6N6O5.C32H36F6N6O4.C31H36F6N8O4/c1-4-24-15-26(16-25(5-2)46(24)32(50)51-28-8-6-21(7-9-28)29(47)48)45(30-41-17-27(18-42-30)44-11-10-43(3)31(44)49)19-20-12-22(33(35,36)37)14-23(13-20)34(38,39)40;1-4-24-11-26(12-25(5-2)44(24)30(47)48-27-8-19(9-27)28(45)46)43(29-39-13-20(14-40-29)21-15-41-42(3)17-21)16-18-6-22(31(33,34)35)10-23(7-18)32(36,37)38;1-3-22-12-24(13-23(4-2)45(22)29(48)49-26-7-5-19(6-8-26)27(46)47)43(28-38-14-25(15-39-28)44-17-40-41-42-44)16-18-9-20(30(32,33)34)11-21(10-18)31(35,36)37/h12-14,17-18,21,24-26,28H,4-11,15-16,19H2,1-3H3,(H,47,48);6-7,10,13-15,17,19,24-27H,4-5,8-9,11-12,16H2,1-3H3,(H,45,46);9-11,14-15,17,19,22-24,26H,3-8,12-13,16H2,1-2H3,(H,46,47)/t21?,24-,25+,26?,28?;19?,24-,25+,26?,27?;19?,22-,23+,24?,26?. The first-order valence-corrected chi connectivity index (χ1v) is 48.8. The maximum absolute atomic E-state index is 13.8. The van der Waals surface area contributed by atoms with Gasteiger partial charge in [0.15, 0.2) is 0 Å². The van der Waals surface area contributed by atoms with Crippen LogP contribution in [0.3, 0.4) is 0 Å². The average molecular weight is 2110 g/mol. The summed E-state index contributed by atoms with van der Waals surface area (Å²) in [6, 6.07) is 0.348. The van der Waals surface area contributed by atoms with Crippen LogP contribution >= 0.6 is 0 Å². The molecule has 0 bridgehead atoms. The molecule has 8 aromatic rings. The number of benzene rings is 3. The van der Waals surface area contributed by atoms with Gasteiger partial charge in [0, 0.05) is 131 Å². The molecule has 3 aromatic carbocycles. The lowest BCUT2D eigenvalue weighted by molar-refractivity contribution is -0.149. The molecule has 9 atom stereocenters. The number of alkyl halides is 18. The van der Waals surface area contributed by atoms with Gasteiger partial charge in [0.2, 0.25) is 17.8 Å². The van der Waals surface area contributed by atoms with E-state index < -0.39 is 179 Å². The van der Waals surface area contributed by atoms with E-state index >= 15 is 0 Å². The number of carboxylic acid groups (broad SMARTS) is 3. The van der Waals surface area contributed by atoms with E-state index in [4.69, 9.17) is 14.2 Å². The van der Waals surface area contributed by atoms with Crippen LogP contribution in [0.1, 0.15) is 233 Å². The van der Waals surface area contributed by atoms with E-state index in [0.29, 0.717) is 200 Å². The number of carbonyl (C=O) groups is 7. The number of carboxylic acids is 3. The first kappa shape index (κ1) is 112. The van der Waals surface area contributed by atoms with Crippen molar-refractivity contribution < 1.29 is 142 Å². The molecule has 15 rings (SSSR count). The Hall–Kier alpha value is -13.2. The zero-order valence-electron chi connectivity index (χ0n) is 81.8. The van der Waals surface area contributed by atoms with Crippen molar-refractivity contribution in [2.24, 2.45) is 24.8 Å². The normalized spacial score (nSPS) is 23.6. The predicted octanol–water partition coefficient (Wildman–Crippen LogP) is 20.4.